The van der Waals surface area contributed by atoms with E-state index in [0.717, 1.165) is 44.8 Å². The van der Waals surface area contributed by atoms with Gasteiger partial charge >= 0.3 is 0 Å². The van der Waals surface area contributed by atoms with Crippen LogP contribution in [0.2, 0.25) is 0 Å². The first-order chi connectivity index (χ1) is 31.1. The first-order valence-electron chi connectivity index (χ1n) is 21.6. The maximum Gasteiger partial charge on any atom is 0.160 e. The van der Waals surface area contributed by atoms with Gasteiger partial charge in [-0.1, -0.05) is 188 Å². The molecular formula is C60H40N2S. The van der Waals surface area contributed by atoms with Crippen molar-refractivity contribution < 1.29 is 0 Å². The standard InChI is InChI=1S/C60H40N2S/c1-60(46-24-9-4-10-25-46)52-31-13-11-27-50(52)57-51(30-17-32-53(57)60)55-38-54(61-59(62-55)40-20-7-3-8-21-40)45-36-43(42-23-15-22-41(34-42)39-18-5-2-6-19-39)35-44(37-45)47-28-16-29-49-48-26-12-14-33-56(48)63-58(47)49/h2-38H,1H3. The number of benzene rings is 9. The second kappa shape index (κ2) is 15.0. The number of thiophene rings is 1. The summed E-state index contributed by atoms with van der Waals surface area (Å²) in [6, 6.07) is 81.2. The van der Waals surface area contributed by atoms with Gasteiger partial charge in [-0.3, -0.25) is 0 Å². The van der Waals surface area contributed by atoms with Crippen LogP contribution in [0.1, 0.15) is 23.6 Å². The van der Waals surface area contributed by atoms with Crippen molar-refractivity contribution in [1.82, 2.24) is 9.97 Å². The molecule has 0 amide bonds. The predicted molar refractivity (Wildman–Crippen MR) is 265 cm³/mol. The monoisotopic (exact) mass is 820 g/mol. The Morgan fingerprint density at radius 3 is 1.73 bits per heavy atom. The lowest BCUT2D eigenvalue weighted by Crippen LogP contribution is -2.22. The predicted octanol–water partition coefficient (Wildman–Crippen LogP) is 16.2. The van der Waals surface area contributed by atoms with E-state index in [1.54, 1.807) is 0 Å². The van der Waals surface area contributed by atoms with Crippen molar-refractivity contribution in [2.75, 3.05) is 0 Å². The van der Waals surface area contributed by atoms with Crippen LogP contribution in [-0.2, 0) is 5.41 Å². The van der Waals surface area contributed by atoms with Crippen molar-refractivity contribution in [2.45, 2.75) is 12.3 Å². The fourth-order valence-corrected chi connectivity index (χ4v) is 11.1. The molecule has 0 fully saturated rings. The highest BCUT2D eigenvalue weighted by Gasteiger charge is 2.41. The van der Waals surface area contributed by atoms with Crippen molar-refractivity contribution >= 4 is 31.5 Å². The lowest BCUT2D eigenvalue weighted by molar-refractivity contribution is 0.714. The van der Waals surface area contributed by atoms with Gasteiger partial charge in [-0.2, -0.15) is 0 Å². The molecular weight excluding hydrogens is 781 g/mol. The Balaban J connectivity index is 1.11. The Morgan fingerprint density at radius 2 is 0.905 bits per heavy atom. The van der Waals surface area contributed by atoms with Gasteiger partial charge in [0.15, 0.2) is 5.82 Å². The van der Waals surface area contributed by atoms with Crippen LogP contribution < -0.4 is 0 Å². The van der Waals surface area contributed by atoms with E-state index in [0.29, 0.717) is 5.82 Å². The molecule has 0 radical (unpaired) electrons. The molecule has 0 spiro atoms. The average molecular weight is 821 g/mol. The van der Waals surface area contributed by atoms with Crippen LogP contribution in [0.25, 0.3) is 98.6 Å². The Morgan fingerprint density at radius 1 is 0.365 bits per heavy atom. The van der Waals surface area contributed by atoms with Crippen molar-refractivity contribution in [3.63, 3.8) is 0 Å². The van der Waals surface area contributed by atoms with E-state index >= 15 is 0 Å². The van der Waals surface area contributed by atoms with E-state index in [1.807, 2.05) is 17.4 Å². The summed E-state index contributed by atoms with van der Waals surface area (Å²) in [6.07, 6.45) is 0. The largest absolute Gasteiger partial charge is 0.228 e. The maximum atomic E-state index is 5.44. The van der Waals surface area contributed by atoms with Gasteiger partial charge in [0.05, 0.1) is 11.4 Å². The molecule has 2 heterocycles. The molecule has 11 aromatic rings. The minimum atomic E-state index is -0.327. The molecule has 0 saturated heterocycles. The van der Waals surface area contributed by atoms with Crippen LogP contribution in [0, 0.1) is 0 Å². The van der Waals surface area contributed by atoms with Gasteiger partial charge in [-0.25, -0.2) is 9.97 Å². The van der Waals surface area contributed by atoms with Crippen LogP contribution in [0.4, 0.5) is 0 Å². The summed E-state index contributed by atoms with van der Waals surface area (Å²) in [7, 11) is 0. The fraction of sp³-hybridized carbons (Fsp3) is 0.0333. The molecule has 3 heteroatoms. The van der Waals surface area contributed by atoms with E-state index in [-0.39, 0.29) is 5.41 Å². The molecule has 0 N–H and O–H groups in total. The molecule has 9 aromatic carbocycles. The Labute approximate surface area is 371 Å². The van der Waals surface area contributed by atoms with Crippen LogP contribution in [0.15, 0.2) is 224 Å². The molecule has 0 saturated carbocycles. The SMILES string of the molecule is CC1(c2ccccc2)c2ccccc2-c2c(-c3cc(-c4cc(-c5cccc(-c6ccccc6)c5)cc(-c5cccc6c5sc5ccccc56)c4)nc(-c4ccccc4)n3)cccc21. The van der Waals surface area contributed by atoms with E-state index in [4.69, 9.17) is 9.97 Å². The lowest BCUT2D eigenvalue weighted by atomic mass is 9.74. The molecule has 0 aliphatic heterocycles. The first kappa shape index (κ1) is 37.1. The molecule has 0 bridgehead atoms. The molecule has 1 unspecified atom stereocenters. The van der Waals surface area contributed by atoms with Crippen molar-refractivity contribution in [3.8, 4) is 78.4 Å². The van der Waals surface area contributed by atoms with Gasteiger partial charge in [0.1, 0.15) is 0 Å². The summed E-state index contributed by atoms with van der Waals surface area (Å²) in [5, 5.41) is 2.57. The van der Waals surface area contributed by atoms with Gasteiger partial charge in [-0.15, -0.1) is 11.3 Å². The topological polar surface area (TPSA) is 25.8 Å². The number of nitrogens with zero attached hydrogens (tertiary/aromatic N) is 2. The third-order valence-corrected chi connectivity index (χ3v) is 14.2. The summed E-state index contributed by atoms with van der Waals surface area (Å²) < 4.78 is 2.58. The maximum absolute atomic E-state index is 5.44. The Kier molecular flexibility index (Phi) is 8.84. The zero-order valence-electron chi connectivity index (χ0n) is 34.7. The molecule has 1 atom stereocenters. The number of rotatable bonds is 7. The third-order valence-electron chi connectivity index (χ3n) is 13.0. The fourth-order valence-electron chi connectivity index (χ4n) is 9.87. The molecule has 1 aliphatic carbocycles. The Bertz CT molecular complexity index is 3520. The number of fused-ring (bicyclic) bond motifs is 6. The normalized spacial score (nSPS) is 14.2. The van der Waals surface area contributed by atoms with E-state index in [1.165, 1.54) is 64.7 Å². The Hall–Kier alpha value is -7.72. The van der Waals surface area contributed by atoms with Crippen molar-refractivity contribution in [2.24, 2.45) is 0 Å². The minimum Gasteiger partial charge on any atom is -0.228 e. The zero-order valence-corrected chi connectivity index (χ0v) is 35.5. The van der Waals surface area contributed by atoms with Crippen LogP contribution >= 0.6 is 11.3 Å². The number of aromatic nitrogens is 2. The summed E-state index contributed by atoms with van der Waals surface area (Å²) in [4.78, 5) is 10.9. The minimum absolute atomic E-state index is 0.327. The molecule has 2 aromatic heterocycles. The third kappa shape index (κ3) is 6.23. The number of hydrogen-bond acceptors (Lipinski definition) is 3. The van der Waals surface area contributed by atoms with Crippen LogP contribution in [0.3, 0.4) is 0 Å². The first-order valence-corrected chi connectivity index (χ1v) is 22.4. The zero-order chi connectivity index (χ0) is 41.9. The summed E-state index contributed by atoms with van der Waals surface area (Å²) in [5.41, 5.74) is 17.9. The van der Waals surface area contributed by atoms with Gasteiger partial charge in [0.2, 0.25) is 0 Å². The molecule has 12 rings (SSSR count). The average Bonchev–Trinajstić information content (AvgIpc) is 3.88. The smallest absolute Gasteiger partial charge is 0.160 e. The number of hydrogen-bond donors (Lipinski definition) is 0. The van der Waals surface area contributed by atoms with Gasteiger partial charge in [0.25, 0.3) is 0 Å². The highest BCUT2D eigenvalue weighted by Crippen LogP contribution is 2.55. The van der Waals surface area contributed by atoms with Crippen molar-refractivity contribution in [3.05, 3.63) is 241 Å². The quantitative estimate of drug-likeness (QED) is 0.160. The second-order valence-corrected chi connectivity index (χ2v) is 17.7. The van der Waals surface area contributed by atoms with Crippen molar-refractivity contribution in [1.29, 1.82) is 0 Å². The van der Waals surface area contributed by atoms with E-state index in [9.17, 15) is 0 Å². The van der Waals surface area contributed by atoms with Crippen LogP contribution in [0.5, 0.6) is 0 Å². The highest BCUT2D eigenvalue weighted by atomic mass is 32.1. The highest BCUT2D eigenvalue weighted by molar-refractivity contribution is 7.26. The van der Waals surface area contributed by atoms with Gasteiger partial charge < -0.3 is 0 Å². The second-order valence-electron chi connectivity index (χ2n) is 16.6. The summed E-state index contributed by atoms with van der Waals surface area (Å²) in [6.45, 7) is 2.37. The lowest BCUT2D eigenvalue weighted by Gasteiger charge is -2.28. The molecule has 1 aliphatic rings. The molecule has 296 valence electrons. The summed E-state index contributed by atoms with van der Waals surface area (Å²) in [5.74, 6) is 0.697. The van der Waals surface area contributed by atoms with E-state index in [2.05, 4.69) is 225 Å². The molecule has 2 nitrogen and oxygen atoms in total. The van der Waals surface area contributed by atoms with Gasteiger partial charge in [0, 0.05) is 42.3 Å². The summed E-state index contributed by atoms with van der Waals surface area (Å²) >= 11 is 1.86. The van der Waals surface area contributed by atoms with E-state index < -0.39 is 0 Å². The van der Waals surface area contributed by atoms with Crippen LogP contribution in [-0.4, -0.2) is 9.97 Å². The molecule has 63 heavy (non-hydrogen) atoms. The van der Waals surface area contributed by atoms with Gasteiger partial charge in [-0.05, 0) is 105 Å².